The number of nitriles is 1. The Labute approximate surface area is 166 Å². The molecule has 0 radical (unpaired) electrons. The van der Waals surface area contributed by atoms with Gasteiger partial charge >= 0.3 is 5.97 Å². The molecule has 0 saturated heterocycles. The van der Waals surface area contributed by atoms with Gasteiger partial charge in [0.15, 0.2) is 5.69 Å². The fraction of sp³-hybridized carbons (Fsp3) is 0.316. The van der Waals surface area contributed by atoms with Gasteiger partial charge in [0, 0.05) is 12.1 Å². The average Bonchev–Trinajstić information content (AvgIpc) is 2.66. The van der Waals surface area contributed by atoms with Crippen LogP contribution in [0.2, 0.25) is 5.02 Å². The van der Waals surface area contributed by atoms with Crippen LogP contribution in [0.4, 0.5) is 11.4 Å². The molecule has 2 rings (SSSR count). The third-order valence-corrected chi connectivity index (χ3v) is 4.27. The van der Waals surface area contributed by atoms with Crippen molar-refractivity contribution in [2.75, 3.05) is 7.11 Å². The van der Waals surface area contributed by atoms with E-state index in [-0.39, 0.29) is 45.6 Å². The highest BCUT2D eigenvalue weighted by atomic mass is 35.5. The Hall–Kier alpha value is -3.18. The van der Waals surface area contributed by atoms with E-state index in [1.165, 1.54) is 32.2 Å². The van der Waals surface area contributed by atoms with E-state index in [4.69, 9.17) is 11.6 Å². The SMILES string of the molecule is COC(=O)c1cc(N=Nc2c(C)c(C#N)c(O)n(CC(C)C)c2=O)ccc1Cl. The second-order valence-electron chi connectivity index (χ2n) is 6.45. The Morgan fingerprint density at radius 3 is 2.64 bits per heavy atom. The highest BCUT2D eigenvalue weighted by molar-refractivity contribution is 6.33. The number of hydrogen-bond acceptors (Lipinski definition) is 7. The Bertz CT molecular complexity index is 1050. The van der Waals surface area contributed by atoms with Crippen LogP contribution in [0, 0.1) is 24.2 Å². The van der Waals surface area contributed by atoms with Gasteiger partial charge in [0.25, 0.3) is 5.56 Å². The van der Waals surface area contributed by atoms with Crippen LogP contribution in [-0.2, 0) is 11.3 Å². The number of carbonyl (C=O) groups excluding carboxylic acids is 1. The number of esters is 1. The number of carbonyl (C=O) groups is 1. The second kappa shape index (κ2) is 8.67. The van der Waals surface area contributed by atoms with Gasteiger partial charge in [-0.25, -0.2) is 4.79 Å². The summed E-state index contributed by atoms with van der Waals surface area (Å²) >= 11 is 5.97. The zero-order chi connectivity index (χ0) is 21.0. The van der Waals surface area contributed by atoms with Gasteiger partial charge in [0.2, 0.25) is 5.88 Å². The number of aromatic hydroxyl groups is 1. The van der Waals surface area contributed by atoms with Crippen molar-refractivity contribution >= 4 is 28.9 Å². The number of hydrogen-bond donors (Lipinski definition) is 1. The van der Waals surface area contributed by atoms with Crippen molar-refractivity contribution in [2.45, 2.75) is 27.3 Å². The molecule has 0 saturated carbocycles. The molecule has 0 bridgehead atoms. The first-order valence-electron chi connectivity index (χ1n) is 8.37. The summed E-state index contributed by atoms with van der Waals surface area (Å²) in [6.07, 6.45) is 0. The summed E-state index contributed by atoms with van der Waals surface area (Å²) in [6, 6.07) is 6.25. The first kappa shape index (κ1) is 21.1. The summed E-state index contributed by atoms with van der Waals surface area (Å²) in [5, 5.41) is 27.8. The molecule has 1 N–H and O–H groups in total. The lowest BCUT2D eigenvalue weighted by molar-refractivity contribution is 0.0601. The van der Waals surface area contributed by atoms with Crippen LogP contribution in [0.5, 0.6) is 5.88 Å². The van der Waals surface area contributed by atoms with Crippen molar-refractivity contribution in [1.29, 1.82) is 5.26 Å². The Morgan fingerprint density at radius 2 is 2.07 bits per heavy atom. The van der Waals surface area contributed by atoms with Gasteiger partial charge < -0.3 is 9.84 Å². The molecule has 9 heteroatoms. The molecule has 2 aromatic rings. The standard InChI is InChI=1S/C19H19ClN4O4/c1-10(2)9-24-17(25)14(8-21)11(3)16(18(24)26)23-22-12-5-6-15(20)13(7-12)19(27)28-4/h5-7,10,25H,9H2,1-4H3. The quantitative estimate of drug-likeness (QED) is 0.592. The number of ether oxygens (including phenoxy) is 1. The molecule has 0 amide bonds. The van der Waals surface area contributed by atoms with Crippen molar-refractivity contribution in [3.05, 3.63) is 50.3 Å². The van der Waals surface area contributed by atoms with E-state index < -0.39 is 17.4 Å². The third-order valence-electron chi connectivity index (χ3n) is 3.94. The topological polar surface area (TPSA) is 117 Å². The van der Waals surface area contributed by atoms with Gasteiger partial charge in [0.05, 0.1) is 23.4 Å². The number of methoxy groups -OCH3 is 1. The Balaban J connectivity index is 2.59. The Kier molecular flexibility index (Phi) is 6.54. The first-order valence-corrected chi connectivity index (χ1v) is 8.75. The van der Waals surface area contributed by atoms with Crippen LogP contribution in [0.3, 0.4) is 0 Å². The number of nitrogens with zero attached hydrogens (tertiary/aromatic N) is 4. The predicted octanol–water partition coefficient (Wildman–Crippen LogP) is 4.25. The summed E-state index contributed by atoms with van der Waals surface area (Å²) in [5.74, 6) is -0.965. The molecule has 0 aliphatic carbocycles. The smallest absolute Gasteiger partial charge is 0.339 e. The minimum atomic E-state index is -0.631. The van der Waals surface area contributed by atoms with Crippen LogP contribution in [-0.4, -0.2) is 22.8 Å². The van der Waals surface area contributed by atoms with Crippen molar-refractivity contribution in [1.82, 2.24) is 4.57 Å². The summed E-state index contributed by atoms with van der Waals surface area (Å²) in [6.45, 7) is 5.48. The van der Waals surface area contributed by atoms with E-state index in [0.717, 1.165) is 4.57 Å². The fourth-order valence-electron chi connectivity index (χ4n) is 2.54. The predicted molar refractivity (Wildman–Crippen MR) is 104 cm³/mol. The zero-order valence-corrected chi connectivity index (χ0v) is 16.6. The van der Waals surface area contributed by atoms with Crippen molar-refractivity contribution in [3.8, 4) is 11.9 Å². The molecule has 0 atom stereocenters. The third kappa shape index (κ3) is 4.21. The average molecular weight is 403 g/mol. The summed E-state index contributed by atoms with van der Waals surface area (Å²) in [5.41, 5.74) is -0.0711. The van der Waals surface area contributed by atoms with Gasteiger partial charge in [-0.15, -0.1) is 5.11 Å². The molecular formula is C19H19ClN4O4. The monoisotopic (exact) mass is 402 g/mol. The molecule has 146 valence electrons. The number of aromatic nitrogens is 1. The lowest BCUT2D eigenvalue weighted by Gasteiger charge is -2.14. The lowest BCUT2D eigenvalue weighted by Crippen LogP contribution is -2.24. The Morgan fingerprint density at radius 1 is 1.39 bits per heavy atom. The van der Waals surface area contributed by atoms with E-state index in [1.54, 1.807) is 0 Å². The lowest BCUT2D eigenvalue weighted by atomic mass is 10.1. The molecule has 0 aliphatic rings. The maximum Gasteiger partial charge on any atom is 0.339 e. The van der Waals surface area contributed by atoms with Crippen LogP contribution in [0.1, 0.15) is 35.3 Å². The van der Waals surface area contributed by atoms with Gasteiger partial charge in [-0.2, -0.15) is 10.4 Å². The molecule has 0 unspecified atom stereocenters. The highest BCUT2D eigenvalue weighted by Crippen LogP contribution is 2.28. The van der Waals surface area contributed by atoms with Crippen LogP contribution in [0.25, 0.3) is 0 Å². The first-order chi connectivity index (χ1) is 13.2. The number of halogens is 1. The van der Waals surface area contributed by atoms with Gasteiger partial charge in [0.1, 0.15) is 11.6 Å². The summed E-state index contributed by atoms with van der Waals surface area (Å²) in [4.78, 5) is 24.5. The van der Waals surface area contributed by atoms with E-state index in [2.05, 4.69) is 15.0 Å². The number of azo groups is 1. The van der Waals surface area contributed by atoms with Gasteiger partial charge in [-0.3, -0.25) is 9.36 Å². The van der Waals surface area contributed by atoms with Crippen molar-refractivity contribution < 1.29 is 14.6 Å². The van der Waals surface area contributed by atoms with Crippen molar-refractivity contribution in [3.63, 3.8) is 0 Å². The van der Waals surface area contributed by atoms with Gasteiger partial charge in [-0.1, -0.05) is 25.4 Å². The maximum absolute atomic E-state index is 12.8. The minimum Gasteiger partial charge on any atom is -0.493 e. The van der Waals surface area contributed by atoms with Crippen LogP contribution >= 0.6 is 11.6 Å². The minimum absolute atomic E-state index is 0.0412. The molecular weight excluding hydrogens is 384 g/mol. The number of benzene rings is 1. The summed E-state index contributed by atoms with van der Waals surface area (Å²) in [7, 11) is 1.23. The van der Waals surface area contributed by atoms with E-state index in [1.807, 2.05) is 19.9 Å². The van der Waals surface area contributed by atoms with Crippen LogP contribution < -0.4 is 5.56 Å². The molecule has 1 heterocycles. The molecule has 0 fully saturated rings. The normalized spacial score (nSPS) is 11.0. The molecule has 28 heavy (non-hydrogen) atoms. The van der Waals surface area contributed by atoms with Crippen molar-refractivity contribution in [2.24, 2.45) is 16.1 Å². The highest BCUT2D eigenvalue weighted by Gasteiger charge is 2.20. The number of rotatable bonds is 5. The molecule has 0 aliphatic heterocycles. The molecule has 1 aromatic carbocycles. The molecule has 1 aromatic heterocycles. The summed E-state index contributed by atoms with van der Waals surface area (Å²) < 4.78 is 5.76. The van der Waals surface area contributed by atoms with E-state index in [9.17, 15) is 20.0 Å². The number of pyridine rings is 1. The zero-order valence-electron chi connectivity index (χ0n) is 15.9. The molecule has 8 nitrogen and oxygen atoms in total. The second-order valence-corrected chi connectivity index (χ2v) is 6.86. The largest absolute Gasteiger partial charge is 0.493 e. The van der Waals surface area contributed by atoms with E-state index in [0.29, 0.717) is 0 Å². The maximum atomic E-state index is 12.8. The van der Waals surface area contributed by atoms with E-state index >= 15 is 0 Å². The van der Waals surface area contributed by atoms with Gasteiger partial charge in [-0.05, 0) is 31.0 Å². The molecule has 0 spiro atoms. The fourth-order valence-corrected chi connectivity index (χ4v) is 2.74. The van der Waals surface area contributed by atoms with Crippen LogP contribution in [0.15, 0.2) is 33.2 Å².